The van der Waals surface area contributed by atoms with E-state index in [1.165, 1.54) is 14.2 Å². The molecule has 25 heavy (non-hydrogen) atoms. The van der Waals surface area contributed by atoms with E-state index >= 15 is 0 Å². The second-order valence-corrected chi connectivity index (χ2v) is 6.54. The maximum absolute atomic E-state index is 12.5. The number of amidine groups is 1. The van der Waals surface area contributed by atoms with Gasteiger partial charge in [0.05, 0.1) is 7.11 Å². The van der Waals surface area contributed by atoms with E-state index in [1.807, 2.05) is 0 Å². The first-order chi connectivity index (χ1) is 11.5. The first-order valence-corrected chi connectivity index (χ1v) is 7.78. The molecule has 0 saturated carbocycles. The van der Waals surface area contributed by atoms with Crippen LogP contribution in [-0.4, -0.2) is 48.7 Å². The van der Waals surface area contributed by atoms with E-state index < -0.39 is 23.6 Å². The zero-order valence-corrected chi connectivity index (χ0v) is 15.3. The third kappa shape index (κ3) is 6.80. The molecule has 1 aromatic carbocycles. The number of carbonyl (C=O) groups excluding carboxylic acids is 2. The first kappa shape index (κ1) is 20.4. The van der Waals surface area contributed by atoms with Gasteiger partial charge < -0.3 is 15.8 Å². The van der Waals surface area contributed by atoms with Crippen LogP contribution in [0.1, 0.15) is 31.9 Å². The summed E-state index contributed by atoms with van der Waals surface area (Å²) in [6, 6.07) is 6.04. The lowest BCUT2D eigenvalue weighted by molar-refractivity contribution is -0.171. The minimum Gasteiger partial charge on any atom is -0.444 e. The van der Waals surface area contributed by atoms with Crippen molar-refractivity contribution in [3.8, 4) is 0 Å². The zero-order chi connectivity index (χ0) is 19.2. The van der Waals surface area contributed by atoms with Gasteiger partial charge in [0, 0.05) is 19.0 Å². The fourth-order valence-electron chi connectivity index (χ4n) is 2.06. The highest BCUT2D eigenvalue weighted by Gasteiger charge is 2.27. The van der Waals surface area contributed by atoms with Crippen LogP contribution in [0.3, 0.4) is 0 Å². The highest BCUT2D eigenvalue weighted by molar-refractivity contribution is 5.95. The molecule has 8 nitrogen and oxygen atoms in total. The van der Waals surface area contributed by atoms with Gasteiger partial charge in [0.2, 0.25) is 0 Å². The first-order valence-electron chi connectivity index (χ1n) is 7.78. The van der Waals surface area contributed by atoms with Crippen LogP contribution in [0.5, 0.6) is 0 Å². The molecule has 4 N–H and O–H groups in total. The molecule has 0 aliphatic carbocycles. The molecule has 0 aromatic heterocycles. The number of nitrogens with two attached hydrogens (primary N) is 1. The molecular formula is C17H26N4O4. The minimum absolute atomic E-state index is 0.0705. The molecule has 0 aliphatic rings. The Morgan fingerprint density at radius 1 is 1.36 bits per heavy atom. The van der Waals surface area contributed by atoms with Gasteiger partial charge in [-0.25, -0.2) is 9.86 Å². The fraction of sp³-hybridized carbons (Fsp3) is 0.471. The molecule has 1 aromatic rings. The summed E-state index contributed by atoms with van der Waals surface area (Å²) >= 11 is 0. The van der Waals surface area contributed by atoms with Crippen molar-refractivity contribution in [2.75, 3.05) is 14.2 Å². The molecular weight excluding hydrogens is 324 g/mol. The van der Waals surface area contributed by atoms with Crippen molar-refractivity contribution in [3.63, 3.8) is 0 Å². The number of amides is 2. The molecule has 0 unspecified atom stereocenters. The Bertz CT molecular complexity index is 640. The van der Waals surface area contributed by atoms with Gasteiger partial charge in [-0.15, -0.1) is 0 Å². The predicted molar refractivity (Wildman–Crippen MR) is 94.1 cm³/mol. The molecule has 8 heteroatoms. The molecule has 0 saturated heterocycles. The van der Waals surface area contributed by atoms with Gasteiger partial charge in [-0.1, -0.05) is 18.2 Å². The third-order valence-corrected chi connectivity index (χ3v) is 3.25. The Hall–Kier alpha value is -2.61. The third-order valence-electron chi connectivity index (χ3n) is 3.25. The molecule has 2 amide bonds. The average Bonchev–Trinajstić information content (AvgIpc) is 2.51. The molecule has 0 bridgehead atoms. The van der Waals surface area contributed by atoms with Gasteiger partial charge in [0.25, 0.3) is 5.91 Å². The molecule has 1 atom stereocenters. The second-order valence-electron chi connectivity index (χ2n) is 6.54. The smallest absolute Gasteiger partial charge is 0.408 e. The quantitative estimate of drug-likeness (QED) is 0.407. The van der Waals surface area contributed by atoms with Crippen molar-refractivity contribution in [2.45, 2.75) is 38.8 Å². The number of alkyl carbamates (subject to hydrolysis) is 1. The van der Waals surface area contributed by atoms with Crippen LogP contribution in [0, 0.1) is 5.41 Å². The van der Waals surface area contributed by atoms with Gasteiger partial charge in [0.1, 0.15) is 17.5 Å². The van der Waals surface area contributed by atoms with Gasteiger partial charge >= 0.3 is 6.09 Å². The van der Waals surface area contributed by atoms with Crippen molar-refractivity contribution in [1.82, 2.24) is 10.4 Å². The van der Waals surface area contributed by atoms with E-state index in [0.717, 1.165) is 10.6 Å². The summed E-state index contributed by atoms with van der Waals surface area (Å²) in [5.74, 6) is -0.500. The van der Waals surface area contributed by atoms with Crippen LogP contribution in [0.2, 0.25) is 0 Å². The highest BCUT2D eigenvalue weighted by Crippen LogP contribution is 2.11. The lowest BCUT2D eigenvalue weighted by atomic mass is 10.0. The van der Waals surface area contributed by atoms with Gasteiger partial charge in [0.15, 0.2) is 0 Å². The SMILES string of the molecule is CON(C)C(=O)[C@H](Cc1cccc(C(=N)N)c1)NC(=O)OC(C)(C)C. The summed E-state index contributed by atoms with van der Waals surface area (Å²) in [5.41, 5.74) is 6.10. The van der Waals surface area contributed by atoms with E-state index in [0.29, 0.717) is 5.56 Å². The van der Waals surface area contributed by atoms with Gasteiger partial charge in [-0.2, -0.15) is 0 Å². The highest BCUT2D eigenvalue weighted by atomic mass is 16.7. The predicted octanol–water partition coefficient (Wildman–Crippen LogP) is 1.43. The number of rotatable bonds is 6. The number of carbonyl (C=O) groups is 2. The Morgan fingerprint density at radius 3 is 2.52 bits per heavy atom. The Labute approximate surface area is 147 Å². The number of hydrogen-bond donors (Lipinski definition) is 3. The van der Waals surface area contributed by atoms with E-state index in [1.54, 1.807) is 45.0 Å². The number of nitrogen functional groups attached to an aromatic ring is 1. The Kier molecular flexibility index (Phi) is 6.93. The van der Waals surface area contributed by atoms with Crippen LogP contribution >= 0.6 is 0 Å². The van der Waals surface area contributed by atoms with Crippen molar-refractivity contribution < 1.29 is 19.2 Å². The number of nitrogens with zero attached hydrogens (tertiary/aromatic N) is 1. The summed E-state index contributed by atoms with van der Waals surface area (Å²) in [6.45, 7) is 5.21. The maximum atomic E-state index is 12.5. The molecule has 138 valence electrons. The number of hydrogen-bond acceptors (Lipinski definition) is 5. The average molecular weight is 350 g/mol. The van der Waals surface area contributed by atoms with Crippen LogP contribution in [0.4, 0.5) is 4.79 Å². The van der Waals surface area contributed by atoms with Crippen LogP contribution in [0.25, 0.3) is 0 Å². The lowest BCUT2D eigenvalue weighted by Crippen LogP contribution is -2.49. The van der Waals surface area contributed by atoms with Crippen molar-refractivity contribution >= 4 is 17.8 Å². The second kappa shape index (κ2) is 8.48. The summed E-state index contributed by atoms with van der Waals surface area (Å²) in [4.78, 5) is 29.4. The maximum Gasteiger partial charge on any atom is 0.408 e. The number of nitrogens with one attached hydrogen (secondary N) is 2. The summed E-state index contributed by atoms with van der Waals surface area (Å²) in [5, 5.41) is 11.1. The van der Waals surface area contributed by atoms with Crippen LogP contribution in [0.15, 0.2) is 24.3 Å². The number of likely N-dealkylation sites (N-methyl/N-ethyl adjacent to an activating group) is 1. The monoisotopic (exact) mass is 350 g/mol. The summed E-state index contributed by atoms with van der Waals surface area (Å²) < 4.78 is 5.22. The molecule has 0 aliphatic heterocycles. The van der Waals surface area contributed by atoms with Crippen molar-refractivity contribution in [1.29, 1.82) is 5.41 Å². The molecule has 0 radical (unpaired) electrons. The zero-order valence-electron chi connectivity index (χ0n) is 15.3. The van der Waals surface area contributed by atoms with Crippen LogP contribution < -0.4 is 11.1 Å². The normalized spacial score (nSPS) is 12.2. The topological polar surface area (TPSA) is 118 Å². The number of hydroxylamine groups is 2. The van der Waals surface area contributed by atoms with Crippen molar-refractivity contribution in [3.05, 3.63) is 35.4 Å². The Morgan fingerprint density at radius 2 is 2.00 bits per heavy atom. The van der Waals surface area contributed by atoms with E-state index in [2.05, 4.69) is 5.32 Å². The van der Waals surface area contributed by atoms with Crippen LogP contribution in [-0.2, 0) is 20.8 Å². The lowest BCUT2D eigenvalue weighted by Gasteiger charge is -2.25. The minimum atomic E-state index is -0.887. The standard InChI is InChI=1S/C17H26N4O4/c1-17(2,3)25-16(23)20-13(15(22)21(4)24-5)10-11-7-6-8-12(9-11)14(18)19/h6-9,13H,10H2,1-5H3,(H3,18,19)(H,20,23)/t13-/m0/s1. The molecule has 0 spiro atoms. The van der Waals surface area contributed by atoms with E-state index in [4.69, 9.17) is 20.7 Å². The molecule has 0 heterocycles. The fourth-order valence-corrected chi connectivity index (χ4v) is 2.06. The number of ether oxygens (including phenoxy) is 1. The van der Waals surface area contributed by atoms with Gasteiger partial charge in [-0.3, -0.25) is 15.0 Å². The largest absolute Gasteiger partial charge is 0.444 e. The van der Waals surface area contributed by atoms with E-state index in [9.17, 15) is 9.59 Å². The number of benzene rings is 1. The molecule has 0 fully saturated rings. The van der Waals surface area contributed by atoms with Gasteiger partial charge in [-0.05, 0) is 32.4 Å². The Balaban J connectivity index is 2.98. The van der Waals surface area contributed by atoms with E-state index in [-0.39, 0.29) is 12.3 Å². The molecule has 1 rings (SSSR count). The van der Waals surface area contributed by atoms with Crippen molar-refractivity contribution in [2.24, 2.45) is 5.73 Å². The summed E-state index contributed by atoms with van der Waals surface area (Å²) in [7, 11) is 2.82. The summed E-state index contributed by atoms with van der Waals surface area (Å²) in [6.07, 6.45) is -0.495.